The number of rotatable bonds is 2. The molecular formula is C7H13ClSn. The Morgan fingerprint density at radius 2 is 1.67 bits per heavy atom. The number of hydrogen-bond acceptors (Lipinski definition) is 0. The molecule has 0 saturated carbocycles. The van der Waals surface area contributed by atoms with Gasteiger partial charge in [0.25, 0.3) is 0 Å². The van der Waals surface area contributed by atoms with Crippen LogP contribution in [0.2, 0.25) is 14.8 Å². The SMILES string of the molecule is [CH3][Sn]([CH3])([CH3])/[CH]=C/C=C/Cl. The number of allylic oxidation sites excluding steroid dienone is 2. The van der Waals surface area contributed by atoms with Crippen LogP contribution in [0.1, 0.15) is 0 Å². The van der Waals surface area contributed by atoms with Crippen LogP contribution in [-0.2, 0) is 0 Å². The zero-order valence-electron chi connectivity index (χ0n) is 6.19. The molecule has 0 aromatic carbocycles. The van der Waals surface area contributed by atoms with Crippen LogP contribution in [0.15, 0.2) is 21.8 Å². The molecule has 0 amide bonds. The predicted molar refractivity (Wildman–Crippen MR) is 47.5 cm³/mol. The van der Waals surface area contributed by atoms with Gasteiger partial charge in [-0.3, -0.25) is 0 Å². The van der Waals surface area contributed by atoms with Crippen LogP contribution in [0.5, 0.6) is 0 Å². The summed E-state index contributed by atoms with van der Waals surface area (Å²) in [4.78, 5) is 7.06. The van der Waals surface area contributed by atoms with Crippen molar-refractivity contribution >= 4 is 30.0 Å². The molecule has 0 radical (unpaired) electrons. The second-order valence-electron chi connectivity index (χ2n) is 3.04. The Morgan fingerprint density at radius 1 is 1.11 bits per heavy atom. The van der Waals surface area contributed by atoms with Gasteiger partial charge in [0.05, 0.1) is 0 Å². The first-order valence-electron chi connectivity index (χ1n) is 3.01. The molecule has 0 bridgehead atoms. The van der Waals surface area contributed by atoms with Crippen LogP contribution in [0.25, 0.3) is 0 Å². The molecule has 0 saturated heterocycles. The Bertz CT molecular complexity index is 119. The number of halogens is 1. The maximum absolute atomic E-state index is 5.32. The molecule has 0 fully saturated rings. The van der Waals surface area contributed by atoms with Crippen LogP contribution in [-0.4, -0.2) is 18.4 Å². The standard InChI is InChI=1S/C4H4Cl.3CH3.Sn/c1-2-3-4-5;;;;/h1-4H;3*1H3;/b2-1?,4-3+;;;;. The second kappa shape index (κ2) is 4.39. The molecule has 0 rings (SSSR count). The summed E-state index contributed by atoms with van der Waals surface area (Å²) >= 11 is 3.70. The molecule has 0 atom stereocenters. The van der Waals surface area contributed by atoms with Crippen molar-refractivity contribution in [1.82, 2.24) is 0 Å². The Labute approximate surface area is 66.5 Å². The molecule has 0 nitrogen and oxygen atoms in total. The average molecular weight is 251 g/mol. The van der Waals surface area contributed by atoms with Gasteiger partial charge in [-0.15, -0.1) is 0 Å². The first kappa shape index (κ1) is 9.57. The Kier molecular flexibility index (Phi) is 4.67. The Morgan fingerprint density at radius 3 is 2.00 bits per heavy atom. The molecule has 0 aromatic heterocycles. The molecule has 0 aromatic rings. The normalized spacial score (nSPS) is 13.8. The van der Waals surface area contributed by atoms with Gasteiger partial charge in [-0.2, -0.15) is 0 Å². The fraction of sp³-hybridized carbons (Fsp3) is 0.429. The van der Waals surface area contributed by atoms with E-state index in [4.69, 9.17) is 11.6 Å². The van der Waals surface area contributed by atoms with Crippen molar-refractivity contribution in [2.24, 2.45) is 0 Å². The van der Waals surface area contributed by atoms with Gasteiger partial charge >= 0.3 is 66.6 Å². The summed E-state index contributed by atoms with van der Waals surface area (Å²) in [5, 5.41) is 0. The van der Waals surface area contributed by atoms with Crippen molar-refractivity contribution in [2.45, 2.75) is 14.8 Å². The van der Waals surface area contributed by atoms with E-state index in [1.54, 1.807) is 0 Å². The molecule has 0 N–H and O–H groups in total. The van der Waals surface area contributed by atoms with Gasteiger partial charge in [0.15, 0.2) is 0 Å². The van der Waals surface area contributed by atoms with E-state index in [1.807, 2.05) is 12.2 Å². The third kappa shape index (κ3) is 8.57. The van der Waals surface area contributed by atoms with Crippen LogP contribution >= 0.6 is 11.6 Å². The summed E-state index contributed by atoms with van der Waals surface area (Å²) in [7, 11) is 0. The molecule has 9 heavy (non-hydrogen) atoms. The topological polar surface area (TPSA) is 0 Å². The van der Waals surface area contributed by atoms with Gasteiger partial charge in [-0.05, 0) is 0 Å². The zero-order valence-corrected chi connectivity index (χ0v) is 9.80. The third-order valence-corrected chi connectivity index (χ3v) is 4.33. The third-order valence-electron chi connectivity index (χ3n) is 0.780. The Hall–Kier alpha value is 0.569. The van der Waals surface area contributed by atoms with Crippen LogP contribution in [0.3, 0.4) is 0 Å². The van der Waals surface area contributed by atoms with Crippen molar-refractivity contribution in [2.75, 3.05) is 0 Å². The van der Waals surface area contributed by atoms with E-state index < -0.39 is 18.4 Å². The van der Waals surface area contributed by atoms with Gasteiger partial charge in [0.1, 0.15) is 0 Å². The van der Waals surface area contributed by atoms with Crippen molar-refractivity contribution in [3.63, 3.8) is 0 Å². The van der Waals surface area contributed by atoms with E-state index >= 15 is 0 Å². The Balaban J connectivity index is 3.71. The quantitative estimate of drug-likeness (QED) is 0.522. The maximum atomic E-state index is 5.32. The van der Waals surface area contributed by atoms with Crippen molar-refractivity contribution < 1.29 is 0 Å². The second-order valence-corrected chi connectivity index (χ2v) is 17.8. The molecule has 0 aliphatic rings. The molecule has 0 unspecified atom stereocenters. The summed E-state index contributed by atoms with van der Waals surface area (Å²) in [6.45, 7) is 0. The van der Waals surface area contributed by atoms with Crippen LogP contribution in [0.4, 0.5) is 0 Å². The van der Waals surface area contributed by atoms with Gasteiger partial charge in [0.2, 0.25) is 0 Å². The van der Waals surface area contributed by atoms with Gasteiger partial charge in [-0.1, -0.05) is 0 Å². The molecule has 52 valence electrons. The summed E-state index contributed by atoms with van der Waals surface area (Å²) in [6.07, 6.45) is 3.91. The first-order valence-corrected chi connectivity index (χ1v) is 13.7. The van der Waals surface area contributed by atoms with E-state index in [0.29, 0.717) is 0 Å². The van der Waals surface area contributed by atoms with E-state index in [9.17, 15) is 0 Å². The molecular weight excluding hydrogens is 238 g/mol. The summed E-state index contributed by atoms with van der Waals surface area (Å²) in [5.41, 5.74) is 1.54. The van der Waals surface area contributed by atoms with Crippen LogP contribution < -0.4 is 0 Å². The molecule has 0 aliphatic carbocycles. The summed E-state index contributed by atoms with van der Waals surface area (Å²) < 4.78 is 2.31. The summed E-state index contributed by atoms with van der Waals surface area (Å²) in [6, 6.07) is 0. The minimum absolute atomic E-state index is 1.54. The van der Waals surface area contributed by atoms with E-state index in [2.05, 4.69) is 18.9 Å². The van der Waals surface area contributed by atoms with Crippen molar-refractivity contribution in [1.29, 1.82) is 0 Å². The summed E-state index contributed by atoms with van der Waals surface area (Å²) in [5.74, 6) is 0. The number of hydrogen-bond donors (Lipinski definition) is 0. The van der Waals surface area contributed by atoms with E-state index in [1.165, 1.54) is 5.54 Å². The molecule has 0 heterocycles. The van der Waals surface area contributed by atoms with Crippen molar-refractivity contribution in [3.05, 3.63) is 21.8 Å². The van der Waals surface area contributed by atoms with Gasteiger partial charge in [-0.25, -0.2) is 0 Å². The fourth-order valence-electron chi connectivity index (χ4n) is 0.386. The zero-order chi connectivity index (χ0) is 7.33. The van der Waals surface area contributed by atoms with Crippen LogP contribution in [0, 0.1) is 0 Å². The predicted octanol–water partition coefficient (Wildman–Crippen LogP) is 3.17. The van der Waals surface area contributed by atoms with Gasteiger partial charge < -0.3 is 0 Å². The molecule has 0 spiro atoms. The molecule has 0 aliphatic heterocycles. The molecule has 2 heteroatoms. The average Bonchev–Trinajstić information content (AvgIpc) is 1.63. The van der Waals surface area contributed by atoms with Gasteiger partial charge in [0, 0.05) is 0 Å². The van der Waals surface area contributed by atoms with E-state index in [0.717, 1.165) is 0 Å². The van der Waals surface area contributed by atoms with Crippen molar-refractivity contribution in [3.8, 4) is 0 Å². The minimum atomic E-state index is -1.62. The fourth-order valence-corrected chi connectivity index (χ4v) is 2.44. The van der Waals surface area contributed by atoms with E-state index in [-0.39, 0.29) is 0 Å². The monoisotopic (exact) mass is 252 g/mol. The first-order chi connectivity index (χ1) is 4.06.